The zero-order valence-electron chi connectivity index (χ0n) is 8.16. The number of hydrogen-bond acceptors (Lipinski definition) is 1. The summed E-state index contributed by atoms with van der Waals surface area (Å²) in [4.78, 5) is 10.7. The average molecular weight is 177 g/mol. The molecular formula is C11H15NO. The predicted molar refractivity (Wildman–Crippen MR) is 54.4 cm³/mol. The predicted octanol–water partition coefficient (Wildman–Crippen LogP) is 2.50. The maximum Gasteiger partial charge on any atom is 0.152 e. The minimum atomic E-state index is 0.0863. The van der Waals surface area contributed by atoms with Crippen molar-refractivity contribution in [3.8, 4) is 0 Å². The van der Waals surface area contributed by atoms with Gasteiger partial charge < -0.3 is 4.57 Å². The van der Waals surface area contributed by atoms with Gasteiger partial charge in [-0.05, 0) is 37.1 Å². The van der Waals surface area contributed by atoms with Gasteiger partial charge in [0.05, 0.1) is 0 Å². The highest BCUT2D eigenvalue weighted by molar-refractivity contribution is 5.91. The topological polar surface area (TPSA) is 22.0 Å². The molecule has 0 aliphatic heterocycles. The Morgan fingerprint density at radius 2 is 2.38 bits per heavy atom. The van der Waals surface area contributed by atoms with Crippen LogP contribution in [0.25, 0.3) is 6.08 Å². The van der Waals surface area contributed by atoms with Crippen LogP contribution in [0.2, 0.25) is 0 Å². The van der Waals surface area contributed by atoms with Gasteiger partial charge in [0, 0.05) is 18.9 Å². The van der Waals surface area contributed by atoms with E-state index in [4.69, 9.17) is 0 Å². The van der Waals surface area contributed by atoms with E-state index in [2.05, 4.69) is 11.5 Å². The summed E-state index contributed by atoms with van der Waals surface area (Å²) in [5, 5.41) is 0. The molecule has 0 saturated carbocycles. The van der Waals surface area contributed by atoms with Crippen molar-refractivity contribution in [3.63, 3.8) is 0 Å². The molecule has 0 N–H and O–H groups in total. The van der Waals surface area contributed by atoms with Crippen LogP contribution in [0.4, 0.5) is 0 Å². The van der Waals surface area contributed by atoms with Gasteiger partial charge in [-0.2, -0.15) is 0 Å². The smallest absolute Gasteiger partial charge is 0.152 e. The summed E-state index contributed by atoms with van der Waals surface area (Å²) >= 11 is 0. The van der Waals surface area contributed by atoms with Crippen molar-refractivity contribution in [3.05, 3.63) is 30.1 Å². The molecule has 0 aliphatic carbocycles. The number of rotatable bonds is 4. The number of aromatic nitrogens is 1. The molecule has 1 aromatic heterocycles. The fourth-order valence-corrected chi connectivity index (χ4v) is 1.17. The maximum atomic E-state index is 10.7. The molecule has 0 spiro atoms. The molecule has 1 rings (SSSR count). The highest BCUT2D eigenvalue weighted by Crippen LogP contribution is 2.04. The van der Waals surface area contributed by atoms with E-state index < -0.39 is 0 Å². The van der Waals surface area contributed by atoms with Gasteiger partial charge in [-0.25, -0.2) is 0 Å². The van der Waals surface area contributed by atoms with Gasteiger partial charge in [-0.15, -0.1) is 0 Å². The van der Waals surface area contributed by atoms with Crippen molar-refractivity contribution < 1.29 is 4.79 Å². The second-order valence-electron chi connectivity index (χ2n) is 3.13. The Hall–Kier alpha value is -1.31. The molecule has 70 valence electrons. The van der Waals surface area contributed by atoms with Gasteiger partial charge >= 0.3 is 0 Å². The van der Waals surface area contributed by atoms with Crippen molar-refractivity contribution in [1.82, 2.24) is 4.57 Å². The van der Waals surface area contributed by atoms with E-state index in [-0.39, 0.29) is 5.78 Å². The minimum absolute atomic E-state index is 0.0863. The van der Waals surface area contributed by atoms with Gasteiger partial charge in [0.1, 0.15) is 0 Å². The summed E-state index contributed by atoms with van der Waals surface area (Å²) in [7, 11) is 0. The van der Waals surface area contributed by atoms with E-state index in [0.29, 0.717) is 0 Å². The first-order valence-corrected chi connectivity index (χ1v) is 4.57. The van der Waals surface area contributed by atoms with Crippen LogP contribution >= 0.6 is 0 Å². The molecule has 0 aliphatic rings. The maximum absolute atomic E-state index is 10.7. The summed E-state index contributed by atoms with van der Waals surface area (Å²) in [6.45, 7) is 4.73. The lowest BCUT2D eigenvalue weighted by Crippen LogP contribution is -1.90. The van der Waals surface area contributed by atoms with Crippen molar-refractivity contribution in [2.75, 3.05) is 0 Å². The van der Waals surface area contributed by atoms with Crippen LogP contribution in [0.5, 0.6) is 0 Å². The molecule has 2 heteroatoms. The highest BCUT2D eigenvalue weighted by Gasteiger charge is 1.91. The molecule has 0 aromatic carbocycles. The van der Waals surface area contributed by atoms with E-state index in [1.165, 1.54) is 0 Å². The summed E-state index contributed by atoms with van der Waals surface area (Å²) in [5.74, 6) is 0.0863. The molecule has 2 nitrogen and oxygen atoms in total. The molecule has 0 amide bonds. The normalized spacial score (nSPS) is 10.9. The van der Waals surface area contributed by atoms with E-state index in [9.17, 15) is 4.79 Å². The Balaban J connectivity index is 2.63. The zero-order valence-corrected chi connectivity index (χ0v) is 8.16. The third-order valence-electron chi connectivity index (χ3n) is 1.77. The number of allylic oxidation sites excluding steroid dienone is 1. The lowest BCUT2D eigenvalue weighted by Gasteiger charge is -1.95. The van der Waals surface area contributed by atoms with Crippen LogP contribution in [-0.2, 0) is 11.3 Å². The molecule has 1 heterocycles. The molecule has 0 bridgehead atoms. The highest BCUT2D eigenvalue weighted by atomic mass is 16.1. The standard InChI is InChI=1S/C11H15NO/c1-3-7-12-8-6-11(9-12)5-4-10(2)13/h4-6,8-9H,3,7H2,1-2H3. The Kier molecular flexibility index (Phi) is 3.50. The van der Waals surface area contributed by atoms with E-state index in [1.807, 2.05) is 24.5 Å². The van der Waals surface area contributed by atoms with Crippen molar-refractivity contribution in [1.29, 1.82) is 0 Å². The van der Waals surface area contributed by atoms with Crippen LogP contribution < -0.4 is 0 Å². The first-order valence-electron chi connectivity index (χ1n) is 4.57. The largest absolute Gasteiger partial charge is 0.354 e. The van der Waals surface area contributed by atoms with Gasteiger partial charge in [0.25, 0.3) is 0 Å². The van der Waals surface area contributed by atoms with E-state index >= 15 is 0 Å². The molecule has 0 fully saturated rings. The zero-order chi connectivity index (χ0) is 9.68. The quantitative estimate of drug-likeness (QED) is 0.648. The lowest BCUT2D eigenvalue weighted by atomic mass is 10.3. The van der Waals surface area contributed by atoms with Crippen LogP contribution in [-0.4, -0.2) is 10.4 Å². The average Bonchev–Trinajstić information content (AvgIpc) is 2.50. The Bertz CT molecular complexity index is 310. The first kappa shape index (κ1) is 9.78. The number of nitrogens with zero attached hydrogens (tertiary/aromatic N) is 1. The summed E-state index contributed by atoms with van der Waals surface area (Å²) in [6.07, 6.45) is 8.64. The van der Waals surface area contributed by atoms with Crippen LogP contribution in [0.15, 0.2) is 24.5 Å². The Labute approximate surface area is 78.9 Å². The third-order valence-corrected chi connectivity index (χ3v) is 1.77. The molecular weight excluding hydrogens is 162 g/mol. The second-order valence-corrected chi connectivity index (χ2v) is 3.13. The summed E-state index contributed by atoms with van der Waals surface area (Å²) in [5.41, 5.74) is 1.09. The van der Waals surface area contributed by atoms with E-state index in [0.717, 1.165) is 18.5 Å². The molecule has 0 unspecified atom stereocenters. The second kappa shape index (κ2) is 4.65. The van der Waals surface area contributed by atoms with Gasteiger partial charge in [0.15, 0.2) is 5.78 Å². The minimum Gasteiger partial charge on any atom is -0.354 e. The molecule has 0 atom stereocenters. The molecule has 13 heavy (non-hydrogen) atoms. The fourth-order valence-electron chi connectivity index (χ4n) is 1.17. The SMILES string of the molecule is CCCn1ccc(C=CC(C)=O)c1. The van der Waals surface area contributed by atoms with E-state index in [1.54, 1.807) is 13.0 Å². The summed E-state index contributed by atoms with van der Waals surface area (Å²) in [6, 6.07) is 2.01. The van der Waals surface area contributed by atoms with Gasteiger partial charge in [-0.3, -0.25) is 4.79 Å². The number of carbonyl (C=O) groups excluding carboxylic acids is 1. The Morgan fingerprint density at radius 1 is 1.62 bits per heavy atom. The van der Waals surface area contributed by atoms with Crippen LogP contribution in [0.3, 0.4) is 0 Å². The Morgan fingerprint density at radius 3 is 3.00 bits per heavy atom. The van der Waals surface area contributed by atoms with Crippen molar-refractivity contribution >= 4 is 11.9 Å². The van der Waals surface area contributed by atoms with Crippen LogP contribution in [0, 0.1) is 0 Å². The first-order chi connectivity index (χ1) is 6.22. The fraction of sp³-hybridized carbons (Fsp3) is 0.364. The lowest BCUT2D eigenvalue weighted by molar-refractivity contribution is -0.112. The number of ketones is 1. The van der Waals surface area contributed by atoms with Crippen molar-refractivity contribution in [2.24, 2.45) is 0 Å². The monoisotopic (exact) mass is 177 g/mol. The van der Waals surface area contributed by atoms with Gasteiger partial charge in [0.2, 0.25) is 0 Å². The number of carbonyl (C=O) groups is 1. The molecule has 1 aromatic rings. The summed E-state index contributed by atoms with van der Waals surface area (Å²) < 4.78 is 2.12. The van der Waals surface area contributed by atoms with Crippen LogP contribution in [0.1, 0.15) is 25.8 Å². The van der Waals surface area contributed by atoms with Gasteiger partial charge in [-0.1, -0.05) is 6.92 Å². The molecule has 0 saturated heterocycles. The number of aryl methyl sites for hydroxylation is 1. The third kappa shape index (κ3) is 3.28. The van der Waals surface area contributed by atoms with Crippen molar-refractivity contribution in [2.45, 2.75) is 26.8 Å². The number of hydrogen-bond donors (Lipinski definition) is 0. The molecule has 0 radical (unpaired) electrons.